The highest BCUT2D eigenvalue weighted by atomic mass is 28.4. The zero-order valence-electron chi connectivity index (χ0n) is 24.0. The fraction of sp³-hybridized carbons (Fsp3) is 0.923. The molecule has 0 aliphatic carbocycles. The summed E-state index contributed by atoms with van der Waals surface area (Å²) in [6, 6.07) is -0.0826. The molecule has 1 atom stereocenters. The molecule has 0 aliphatic heterocycles. The van der Waals surface area contributed by atoms with Crippen LogP contribution in [0.2, 0.25) is 18.1 Å². The third-order valence-corrected chi connectivity index (χ3v) is 10.4. The average molecular weight is 503 g/mol. The lowest BCUT2D eigenvalue weighted by Gasteiger charge is -2.41. The number of unbranched alkanes of at least 4 members (excludes halogenated alkanes) is 3. The quantitative estimate of drug-likeness (QED) is 0.194. The Bertz CT molecular complexity index is 609. The second kappa shape index (κ2) is 14.3. The van der Waals surface area contributed by atoms with Crippen LogP contribution in [0.5, 0.6) is 0 Å². The van der Waals surface area contributed by atoms with E-state index in [1.807, 2.05) is 41.5 Å². The largest absolute Gasteiger partial charge is 0.444 e. The molecule has 0 fully saturated rings. The molecule has 1 unspecified atom stereocenters. The van der Waals surface area contributed by atoms with Gasteiger partial charge < -0.3 is 24.5 Å². The number of ether oxygens (including phenoxy) is 2. The zero-order chi connectivity index (χ0) is 26.6. The number of nitrogens with one attached hydrogen (secondary N) is 2. The van der Waals surface area contributed by atoms with Crippen molar-refractivity contribution < 1.29 is 23.5 Å². The normalized spacial score (nSPS) is 13.9. The van der Waals surface area contributed by atoms with Crippen molar-refractivity contribution in [2.75, 3.05) is 13.2 Å². The van der Waals surface area contributed by atoms with E-state index >= 15 is 0 Å². The van der Waals surface area contributed by atoms with Crippen molar-refractivity contribution in [1.82, 2.24) is 10.6 Å². The third kappa shape index (κ3) is 15.6. The van der Waals surface area contributed by atoms with Crippen LogP contribution in [0.3, 0.4) is 0 Å². The maximum absolute atomic E-state index is 12.5. The fourth-order valence-electron chi connectivity index (χ4n) is 3.47. The first-order chi connectivity index (χ1) is 15.4. The number of rotatable bonds is 14. The fourth-order valence-corrected chi connectivity index (χ4v) is 5.25. The summed E-state index contributed by atoms with van der Waals surface area (Å²) in [5.41, 5.74) is -1.08. The van der Waals surface area contributed by atoms with Crippen LogP contribution in [0.4, 0.5) is 9.59 Å². The predicted octanol–water partition coefficient (Wildman–Crippen LogP) is 7.16. The Hall–Kier alpha value is -1.28. The van der Waals surface area contributed by atoms with Gasteiger partial charge in [0.05, 0.1) is 0 Å². The summed E-state index contributed by atoms with van der Waals surface area (Å²) < 4.78 is 17.3. The highest BCUT2D eigenvalue weighted by Crippen LogP contribution is 2.42. The Balaban J connectivity index is 5.05. The summed E-state index contributed by atoms with van der Waals surface area (Å²) in [5.74, 6) is 0. The highest BCUT2D eigenvalue weighted by molar-refractivity contribution is 6.74. The van der Waals surface area contributed by atoms with E-state index in [0.29, 0.717) is 6.54 Å². The predicted molar refractivity (Wildman–Crippen MR) is 143 cm³/mol. The maximum atomic E-state index is 12.5. The minimum Gasteiger partial charge on any atom is -0.444 e. The highest BCUT2D eigenvalue weighted by Gasteiger charge is 2.42. The molecule has 8 heteroatoms. The van der Waals surface area contributed by atoms with Crippen molar-refractivity contribution in [3.63, 3.8) is 0 Å². The van der Waals surface area contributed by atoms with Crippen LogP contribution in [0.15, 0.2) is 0 Å². The number of carbonyl (C=O) groups is 2. The number of hydrogen-bond donors (Lipinski definition) is 2. The van der Waals surface area contributed by atoms with Gasteiger partial charge in [0.15, 0.2) is 8.32 Å². The summed E-state index contributed by atoms with van der Waals surface area (Å²) in [6.45, 7) is 23.6. The molecular weight excluding hydrogens is 448 g/mol. The van der Waals surface area contributed by atoms with Crippen LogP contribution in [-0.2, 0) is 13.9 Å². The molecule has 2 amide bonds. The Morgan fingerprint density at radius 2 is 1.38 bits per heavy atom. The molecule has 202 valence electrons. The smallest absolute Gasteiger partial charge is 0.407 e. The standard InChI is InChI=1S/C26H54N2O5Si/c1-12-13-14-15-19-31-34(10,11)26(8,9)20-21(28-23(30)33-25(5,6)7)17-16-18-27-22(29)32-24(2,3)4/h21H,12-20H2,1-11H3,(H,27,29)(H,28,30). The Morgan fingerprint density at radius 1 is 0.824 bits per heavy atom. The van der Waals surface area contributed by atoms with Gasteiger partial charge in [-0.25, -0.2) is 9.59 Å². The van der Waals surface area contributed by atoms with Crippen LogP contribution in [0, 0.1) is 0 Å². The summed E-state index contributed by atoms with van der Waals surface area (Å²) in [6.07, 6.45) is 6.15. The van der Waals surface area contributed by atoms with Gasteiger partial charge in [0, 0.05) is 19.2 Å². The first-order valence-electron chi connectivity index (χ1n) is 13.0. The Kier molecular flexibility index (Phi) is 13.8. The third-order valence-electron chi connectivity index (χ3n) is 5.97. The zero-order valence-corrected chi connectivity index (χ0v) is 25.0. The molecular formula is C26H54N2O5Si. The van der Waals surface area contributed by atoms with Crippen LogP contribution in [0.25, 0.3) is 0 Å². The van der Waals surface area contributed by atoms with E-state index in [9.17, 15) is 9.59 Å². The number of alkyl carbamates (subject to hydrolysis) is 2. The van der Waals surface area contributed by atoms with E-state index in [4.69, 9.17) is 13.9 Å². The average Bonchev–Trinajstić information content (AvgIpc) is 2.61. The van der Waals surface area contributed by atoms with Gasteiger partial charge in [-0.3, -0.25) is 0 Å². The SMILES string of the molecule is CCCCCCO[Si](C)(C)C(C)(C)CC(CCCNC(=O)OC(C)(C)C)NC(=O)OC(C)(C)C. The van der Waals surface area contributed by atoms with Crippen molar-refractivity contribution in [3.8, 4) is 0 Å². The number of carbonyl (C=O) groups excluding carboxylic acids is 2. The monoisotopic (exact) mass is 502 g/mol. The molecule has 0 rings (SSSR count). The molecule has 0 aromatic heterocycles. The van der Waals surface area contributed by atoms with E-state index in [1.54, 1.807) is 0 Å². The van der Waals surface area contributed by atoms with Gasteiger partial charge in [0.1, 0.15) is 11.2 Å². The minimum atomic E-state index is -2.03. The molecule has 0 aromatic rings. The summed E-state index contributed by atoms with van der Waals surface area (Å²) in [4.78, 5) is 24.5. The van der Waals surface area contributed by atoms with Crippen molar-refractivity contribution in [2.24, 2.45) is 0 Å². The van der Waals surface area contributed by atoms with Gasteiger partial charge >= 0.3 is 12.2 Å². The van der Waals surface area contributed by atoms with Crippen LogP contribution >= 0.6 is 0 Å². The molecule has 0 heterocycles. The number of amides is 2. The van der Waals surface area contributed by atoms with Gasteiger partial charge in [-0.15, -0.1) is 0 Å². The molecule has 0 spiro atoms. The molecule has 2 N–H and O–H groups in total. The molecule has 0 radical (unpaired) electrons. The Morgan fingerprint density at radius 3 is 1.91 bits per heavy atom. The van der Waals surface area contributed by atoms with Gasteiger partial charge in [0.25, 0.3) is 0 Å². The van der Waals surface area contributed by atoms with Crippen molar-refractivity contribution in [2.45, 2.75) is 143 Å². The first-order valence-corrected chi connectivity index (χ1v) is 15.9. The van der Waals surface area contributed by atoms with Gasteiger partial charge in [-0.2, -0.15) is 0 Å². The molecule has 7 nitrogen and oxygen atoms in total. The van der Waals surface area contributed by atoms with E-state index in [0.717, 1.165) is 32.3 Å². The van der Waals surface area contributed by atoms with E-state index in [-0.39, 0.29) is 11.1 Å². The second-order valence-electron chi connectivity index (χ2n) is 12.4. The molecule has 0 saturated carbocycles. The molecule has 0 bridgehead atoms. The lowest BCUT2D eigenvalue weighted by atomic mass is 9.98. The lowest BCUT2D eigenvalue weighted by Crippen LogP contribution is -2.48. The first kappa shape index (κ1) is 32.7. The summed E-state index contributed by atoms with van der Waals surface area (Å²) >= 11 is 0. The second-order valence-corrected chi connectivity index (χ2v) is 17.1. The van der Waals surface area contributed by atoms with Crippen LogP contribution < -0.4 is 10.6 Å². The van der Waals surface area contributed by atoms with E-state index in [1.165, 1.54) is 19.3 Å². The summed E-state index contributed by atoms with van der Waals surface area (Å²) in [5, 5.41) is 5.82. The molecule has 0 saturated heterocycles. The Labute approximate surface area is 210 Å². The van der Waals surface area contributed by atoms with Crippen molar-refractivity contribution in [3.05, 3.63) is 0 Å². The van der Waals surface area contributed by atoms with Crippen LogP contribution in [-0.4, -0.2) is 50.9 Å². The van der Waals surface area contributed by atoms with Gasteiger partial charge in [0.2, 0.25) is 0 Å². The van der Waals surface area contributed by atoms with Crippen molar-refractivity contribution >= 4 is 20.5 Å². The molecule has 0 aromatic carbocycles. The van der Waals surface area contributed by atoms with Gasteiger partial charge in [-0.05, 0) is 85.4 Å². The molecule has 34 heavy (non-hydrogen) atoms. The van der Waals surface area contributed by atoms with Gasteiger partial charge in [-0.1, -0.05) is 40.0 Å². The maximum Gasteiger partial charge on any atom is 0.407 e. The van der Waals surface area contributed by atoms with E-state index in [2.05, 4.69) is 44.5 Å². The minimum absolute atomic E-state index is 0.0595. The topological polar surface area (TPSA) is 85.9 Å². The summed E-state index contributed by atoms with van der Waals surface area (Å²) in [7, 11) is -2.03. The lowest BCUT2D eigenvalue weighted by molar-refractivity contribution is 0.0483. The van der Waals surface area contributed by atoms with E-state index < -0.39 is 31.7 Å². The van der Waals surface area contributed by atoms with Crippen LogP contribution in [0.1, 0.15) is 107 Å². The van der Waals surface area contributed by atoms with Crippen molar-refractivity contribution in [1.29, 1.82) is 0 Å². The number of hydrogen-bond acceptors (Lipinski definition) is 5. The molecule has 0 aliphatic rings.